The summed E-state index contributed by atoms with van der Waals surface area (Å²) in [5.41, 5.74) is 0. The second-order valence-corrected chi connectivity index (χ2v) is 7.84. The molecule has 1 rings (SSSR count). The average Bonchev–Trinajstić information content (AvgIpc) is 2.63. The van der Waals surface area contributed by atoms with Crippen molar-refractivity contribution < 1.29 is 29.9 Å². The van der Waals surface area contributed by atoms with E-state index < -0.39 is 18.2 Å². The van der Waals surface area contributed by atoms with Crippen molar-refractivity contribution in [3.8, 4) is 23.3 Å². The van der Waals surface area contributed by atoms with Gasteiger partial charge < -0.3 is 28.7 Å². The maximum absolute atomic E-state index is 12.8. The molecular weight excluding hydrogens is 390 g/mol. The van der Waals surface area contributed by atoms with Crippen molar-refractivity contribution in [3.63, 3.8) is 0 Å². The number of hydrogen-bond acceptors (Lipinski definition) is 7. The number of amides is 2. The van der Waals surface area contributed by atoms with Gasteiger partial charge in [-0.15, -0.1) is 0 Å². The SMILES string of the molecule is [2H]c1c(OC(=O)N(C(C)C)C(C)C)nc(OC)c(OC)c1OC(=O)N(C(C)C)C(C)C. The zero-order valence-corrected chi connectivity index (χ0v) is 19.6. The third kappa shape index (κ3) is 6.14. The van der Waals surface area contributed by atoms with Crippen LogP contribution < -0.4 is 18.9 Å². The minimum Gasteiger partial charge on any atom is -0.489 e. The molecule has 0 N–H and O–H groups in total. The predicted molar refractivity (Wildman–Crippen MR) is 114 cm³/mol. The molecule has 0 fully saturated rings. The summed E-state index contributed by atoms with van der Waals surface area (Å²) in [4.78, 5) is 32.6. The monoisotopic (exact) mass is 426 g/mol. The molecule has 30 heavy (non-hydrogen) atoms. The fraction of sp³-hybridized carbons (Fsp3) is 0.667. The van der Waals surface area contributed by atoms with Crippen LogP contribution in [0.1, 0.15) is 56.8 Å². The van der Waals surface area contributed by atoms with Gasteiger partial charge in [-0.1, -0.05) is 0 Å². The van der Waals surface area contributed by atoms with Crippen molar-refractivity contribution in [3.05, 3.63) is 6.04 Å². The lowest BCUT2D eigenvalue weighted by Crippen LogP contribution is -2.44. The number of pyridine rings is 1. The van der Waals surface area contributed by atoms with Crippen molar-refractivity contribution in [1.82, 2.24) is 14.8 Å². The Bertz CT molecular complexity index is 767. The van der Waals surface area contributed by atoms with E-state index in [1.165, 1.54) is 24.0 Å². The molecule has 0 aliphatic heterocycles. The molecule has 170 valence electrons. The van der Waals surface area contributed by atoms with E-state index in [1.807, 2.05) is 55.4 Å². The highest BCUT2D eigenvalue weighted by Gasteiger charge is 2.27. The van der Waals surface area contributed by atoms with Crippen LogP contribution in [-0.2, 0) is 0 Å². The first-order valence-corrected chi connectivity index (χ1v) is 10.00. The lowest BCUT2D eigenvalue weighted by molar-refractivity contribution is 0.119. The number of nitrogens with zero attached hydrogens (tertiary/aromatic N) is 3. The fourth-order valence-corrected chi connectivity index (χ4v) is 3.17. The maximum Gasteiger partial charge on any atom is 0.417 e. The van der Waals surface area contributed by atoms with Gasteiger partial charge in [0.15, 0.2) is 5.75 Å². The van der Waals surface area contributed by atoms with Crippen LogP contribution in [0.15, 0.2) is 6.04 Å². The number of aromatic nitrogens is 1. The summed E-state index contributed by atoms with van der Waals surface area (Å²) in [6.45, 7) is 14.8. The van der Waals surface area contributed by atoms with Crippen LogP contribution >= 0.6 is 0 Å². The normalized spacial score (nSPS) is 11.6. The molecule has 0 saturated heterocycles. The van der Waals surface area contributed by atoms with Crippen LogP contribution in [0.25, 0.3) is 0 Å². The molecular formula is C21H35N3O6. The van der Waals surface area contributed by atoms with Gasteiger partial charge in [-0.3, -0.25) is 0 Å². The average molecular weight is 427 g/mol. The van der Waals surface area contributed by atoms with Gasteiger partial charge in [0.1, 0.15) is 0 Å². The van der Waals surface area contributed by atoms with Gasteiger partial charge in [-0.05, 0) is 55.4 Å². The van der Waals surface area contributed by atoms with E-state index in [4.69, 9.17) is 20.3 Å². The van der Waals surface area contributed by atoms with Crippen molar-refractivity contribution in [2.24, 2.45) is 0 Å². The van der Waals surface area contributed by atoms with E-state index in [0.717, 1.165) is 0 Å². The Balaban J connectivity index is 3.45. The van der Waals surface area contributed by atoms with E-state index in [0.29, 0.717) is 0 Å². The number of rotatable bonds is 8. The second-order valence-electron chi connectivity index (χ2n) is 7.84. The van der Waals surface area contributed by atoms with E-state index in [2.05, 4.69) is 4.98 Å². The second kappa shape index (κ2) is 10.9. The smallest absolute Gasteiger partial charge is 0.417 e. The minimum absolute atomic E-state index is 0.0438. The highest BCUT2D eigenvalue weighted by atomic mass is 16.6. The third-order valence-corrected chi connectivity index (χ3v) is 4.24. The van der Waals surface area contributed by atoms with E-state index in [9.17, 15) is 9.59 Å². The molecule has 2 amide bonds. The molecule has 0 unspecified atom stereocenters. The largest absolute Gasteiger partial charge is 0.489 e. The number of carbonyl (C=O) groups excluding carboxylic acids is 2. The van der Waals surface area contributed by atoms with Gasteiger partial charge in [0, 0.05) is 30.2 Å². The van der Waals surface area contributed by atoms with Gasteiger partial charge >= 0.3 is 12.2 Å². The molecule has 0 aliphatic rings. The number of carbonyl (C=O) groups is 2. The summed E-state index contributed by atoms with van der Waals surface area (Å²) in [7, 11) is 2.68. The van der Waals surface area contributed by atoms with Crippen molar-refractivity contribution in [1.29, 1.82) is 0 Å². The van der Waals surface area contributed by atoms with Crippen molar-refractivity contribution in [2.75, 3.05) is 14.2 Å². The lowest BCUT2D eigenvalue weighted by atomic mass is 10.2. The molecule has 0 saturated carbocycles. The Kier molecular flexibility index (Phi) is 8.56. The van der Waals surface area contributed by atoms with Crippen molar-refractivity contribution >= 4 is 12.2 Å². The van der Waals surface area contributed by atoms with Gasteiger partial charge in [0.25, 0.3) is 5.88 Å². The minimum atomic E-state index is -0.679. The van der Waals surface area contributed by atoms with Crippen LogP contribution in [0, 0.1) is 0 Å². The molecule has 1 aromatic rings. The maximum atomic E-state index is 12.8. The molecule has 0 bridgehead atoms. The molecule has 1 heterocycles. The van der Waals surface area contributed by atoms with E-state index in [1.54, 1.807) is 0 Å². The number of ether oxygens (including phenoxy) is 4. The zero-order chi connectivity index (χ0) is 24.0. The molecule has 0 aromatic carbocycles. The molecule has 1 aromatic heterocycles. The summed E-state index contributed by atoms with van der Waals surface area (Å²) in [5, 5.41) is 0. The molecule has 9 heteroatoms. The molecule has 0 spiro atoms. The Hall–Kier alpha value is -2.71. The Morgan fingerprint density at radius 2 is 1.27 bits per heavy atom. The molecule has 0 atom stereocenters. The summed E-state index contributed by atoms with van der Waals surface area (Å²) in [6.07, 6.45) is -1.35. The van der Waals surface area contributed by atoms with Crippen molar-refractivity contribution in [2.45, 2.75) is 79.6 Å². The van der Waals surface area contributed by atoms with Crippen LogP contribution in [-0.4, -0.2) is 65.4 Å². The summed E-state index contributed by atoms with van der Waals surface area (Å²) in [5.74, 6) is -0.713. The first-order chi connectivity index (χ1) is 14.4. The standard InChI is InChI=1S/C21H35N3O6/c1-12(2)23(13(3)4)20(25)29-16-11-17(22-19(28-10)18(16)27-9)30-21(26)24(14(5)6)15(7)8/h11-15H,1-10H3/i11D. The van der Waals surface area contributed by atoms with E-state index >= 15 is 0 Å². The van der Waals surface area contributed by atoms with Gasteiger partial charge in [0.2, 0.25) is 11.6 Å². The zero-order valence-electron chi connectivity index (χ0n) is 20.6. The quantitative estimate of drug-likeness (QED) is 0.611. The molecule has 0 aliphatic carbocycles. The Morgan fingerprint density at radius 1 is 0.833 bits per heavy atom. The summed E-state index contributed by atoms with van der Waals surface area (Å²) >= 11 is 0. The topological polar surface area (TPSA) is 90.4 Å². The highest BCUT2D eigenvalue weighted by Crippen LogP contribution is 2.39. The van der Waals surface area contributed by atoms with E-state index in [-0.39, 0.29) is 47.4 Å². The number of hydrogen-bond donors (Lipinski definition) is 0. The van der Waals surface area contributed by atoms with Crippen LogP contribution in [0.2, 0.25) is 0 Å². The molecule has 0 radical (unpaired) electrons. The van der Waals surface area contributed by atoms with Gasteiger partial charge in [0.05, 0.1) is 15.6 Å². The van der Waals surface area contributed by atoms with Crippen LogP contribution in [0.4, 0.5) is 9.59 Å². The Labute approximate surface area is 180 Å². The van der Waals surface area contributed by atoms with Crippen LogP contribution in [0.5, 0.6) is 23.3 Å². The Morgan fingerprint density at radius 3 is 1.63 bits per heavy atom. The number of methoxy groups -OCH3 is 2. The fourth-order valence-electron chi connectivity index (χ4n) is 3.17. The molecule has 9 nitrogen and oxygen atoms in total. The summed E-state index contributed by atoms with van der Waals surface area (Å²) < 4.78 is 29.9. The summed E-state index contributed by atoms with van der Waals surface area (Å²) in [6, 6.07) is -0.951. The third-order valence-electron chi connectivity index (χ3n) is 4.24. The first kappa shape index (κ1) is 23.6. The lowest BCUT2D eigenvalue weighted by Gasteiger charge is -2.30. The highest BCUT2D eigenvalue weighted by molar-refractivity contribution is 5.74. The van der Waals surface area contributed by atoms with Gasteiger partial charge in [-0.2, -0.15) is 4.98 Å². The first-order valence-electron chi connectivity index (χ1n) is 10.5. The van der Waals surface area contributed by atoms with Crippen LogP contribution in [0.3, 0.4) is 0 Å². The predicted octanol–water partition coefficient (Wildman–Crippen LogP) is 4.33. The van der Waals surface area contributed by atoms with Gasteiger partial charge in [-0.25, -0.2) is 9.59 Å².